The number of alkyl halides is 2. The third-order valence-corrected chi connectivity index (χ3v) is 4.70. The van der Waals surface area contributed by atoms with Crippen LogP contribution in [0.3, 0.4) is 0 Å². The van der Waals surface area contributed by atoms with E-state index in [4.69, 9.17) is 51.6 Å². The van der Waals surface area contributed by atoms with E-state index in [-0.39, 0.29) is 61.3 Å². The van der Waals surface area contributed by atoms with Crippen LogP contribution >= 0.6 is 23.2 Å². The van der Waals surface area contributed by atoms with E-state index in [1.54, 1.807) is 20.8 Å². The molecule has 0 spiro atoms. The summed E-state index contributed by atoms with van der Waals surface area (Å²) < 4.78 is 31.2. The summed E-state index contributed by atoms with van der Waals surface area (Å²) in [5.41, 5.74) is 0. The summed E-state index contributed by atoms with van der Waals surface area (Å²) in [6.45, 7) is 9.22. The molecule has 1 aliphatic rings. The highest BCUT2D eigenvalue weighted by Gasteiger charge is 2.22. The van der Waals surface area contributed by atoms with Crippen LogP contribution in [-0.4, -0.2) is 74.9 Å². The summed E-state index contributed by atoms with van der Waals surface area (Å²) in [4.78, 5) is 22.4. The first-order valence-electron chi connectivity index (χ1n) is 10.9. The van der Waals surface area contributed by atoms with Crippen molar-refractivity contribution in [3.63, 3.8) is 0 Å². The highest BCUT2D eigenvalue weighted by molar-refractivity contribution is 6.18. The second kappa shape index (κ2) is 20.0. The average Bonchev–Trinajstić information content (AvgIpc) is 2.74. The molecule has 0 aromatic heterocycles. The van der Waals surface area contributed by atoms with Crippen molar-refractivity contribution in [1.82, 2.24) is 0 Å². The molecule has 1 saturated heterocycles. The molecule has 4 atom stereocenters. The molecule has 0 aromatic carbocycles. The Hall–Kier alpha value is -0.640. The van der Waals surface area contributed by atoms with Crippen LogP contribution in [0, 0.1) is 0 Å². The van der Waals surface area contributed by atoms with E-state index in [1.807, 2.05) is 6.92 Å². The third kappa shape index (κ3) is 16.6. The zero-order chi connectivity index (χ0) is 23.5. The number of carbonyl (C=O) groups excluding carboxylic acids is 2. The minimum atomic E-state index is -0.354. The lowest BCUT2D eigenvalue weighted by Gasteiger charge is -2.26. The summed E-state index contributed by atoms with van der Waals surface area (Å²) in [5, 5.41) is 0. The molecule has 1 heterocycles. The monoisotopic (exact) mass is 488 g/mol. The molecule has 0 radical (unpaired) electrons. The molecule has 1 aliphatic heterocycles. The summed E-state index contributed by atoms with van der Waals surface area (Å²) in [6.07, 6.45) is 2.15. The van der Waals surface area contributed by atoms with Gasteiger partial charge in [0.2, 0.25) is 0 Å². The molecule has 0 aromatic rings. The molecule has 8 nitrogen and oxygen atoms in total. The van der Waals surface area contributed by atoms with Gasteiger partial charge in [-0.25, -0.2) is 0 Å². The van der Waals surface area contributed by atoms with Crippen molar-refractivity contribution in [2.45, 2.75) is 84.6 Å². The lowest BCUT2D eigenvalue weighted by molar-refractivity contribution is -0.188. The number of rotatable bonds is 14. The minimum absolute atomic E-state index is 0.161. The van der Waals surface area contributed by atoms with Gasteiger partial charge in [0, 0.05) is 25.0 Å². The summed E-state index contributed by atoms with van der Waals surface area (Å²) in [7, 11) is 0. The van der Waals surface area contributed by atoms with Gasteiger partial charge in [0.15, 0.2) is 12.6 Å². The van der Waals surface area contributed by atoms with Crippen LogP contribution < -0.4 is 0 Å². The molecule has 10 heteroatoms. The molecule has 0 N–H and O–H groups in total. The fourth-order valence-electron chi connectivity index (χ4n) is 2.67. The Balaban J connectivity index is 0.000000582. The Morgan fingerprint density at radius 1 is 0.935 bits per heavy atom. The van der Waals surface area contributed by atoms with Gasteiger partial charge in [-0.3, -0.25) is 9.59 Å². The molecule has 184 valence electrons. The van der Waals surface area contributed by atoms with Crippen molar-refractivity contribution >= 4 is 35.1 Å². The van der Waals surface area contributed by atoms with Gasteiger partial charge in [0.25, 0.3) is 0 Å². The molecule has 2 unspecified atom stereocenters. The maximum Gasteiger partial charge on any atom is 0.308 e. The second-order valence-corrected chi connectivity index (χ2v) is 7.28. The zero-order valence-electron chi connectivity index (χ0n) is 19.1. The van der Waals surface area contributed by atoms with Gasteiger partial charge < -0.3 is 28.4 Å². The SMILES string of the molecule is CCOC(=O)C[C@@H](CCl)OC(C)OCC.CCOC(=O)C[C@@H](CCl)OC1CCCCO1. The van der Waals surface area contributed by atoms with Crippen LogP contribution in [0.15, 0.2) is 0 Å². The predicted molar refractivity (Wildman–Crippen MR) is 118 cm³/mol. The molecule has 0 amide bonds. The van der Waals surface area contributed by atoms with E-state index < -0.39 is 0 Å². The Kier molecular flexibility index (Phi) is 19.6. The first kappa shape index (κ1) is 30.4. The number of hydrogen-bond acceptors (Lipinski definition) is 8. The van der Waals surface area contributed by atoms with Gasteiger partial charge in [-0.2, -0.15) is 0 Å². The molecule has 1 fully saturated rings. The van der Waals surface area contributed by atoms with Crippen molar-refractivity contribution in [1.29, 1.82) is 0 Å². The topological polar surface area (TPSA) is 89.5 Å². The molecule has 31 heavy (non-hydrogen) atoms. The highest BCUT2D eigenvalue weighted by Crippen LogP contribution is 2.17. The largest absolute Gasteiger partial charge is 0.466 e. The first-order chi connectivity index (χ1) is 14.9. The smallest absolute Gasteiger partial charge is 0.308 e. The second-order valence-electron chi connectivity index (χ2n) is 6.66. The van der Waals surface area contributed by atoms with Crippen LogP contribution in [0.1, 0.15) is 59.8 Å². The molecular weight excluding hydrogens is 451 g/mol. The molecule has 0 saturated carbocycles. The quantitative estimate of drug-likeness (QED) is 0.205. The number of esters is 2. The van der Waals surface area contributed by atoms with Crippen molar-refractivity contribution < 1.29 is 38.0 Å². The molecule has 1 rings (SSSR count). The number of carbonyl (C=O) groups is 2. The fraction of sp³-hybridized carbons (Fsp3) is 0.905. The first-order valence-corrected chi connectivity index (χ1v) is 11.9. The lowest BCUT2D eigenvalue weighted by atomic mass is 10.2. The Labute approximate surface area is 196 Å². The van der Waals surface area contributed by atoms with Gasteiger partial charge in [0.1, 0.15) is 0 Å². The van der Waals surface area contributed by atoms with Crippen molar-refractivity contribution in [2.24, 2.45) is 0 Å². The van der Waals surface area contributed by atoms with Gasteiger partial charge in [0.05, 0.1) is 38.3 Å². The average molecular weight is 489 g/mol. The van der Waals surface area contributed by atoms with Crippen LogP contribution in [0.2, 0.25) is 0 Å². The van der Waals surface area contributed by atoms with E-state index in [1.165, 1.54) is 0 Å². The van der Waals surface area contributed by atoms with Crippen LogP contribution in [-0.2, 0) is 38.0 Å². The molecule has 0 aliphatic carbocycles. The maximum atomic E-state index is 11.3. The van der Waals surface area contributed by atoms with Gasteiger partial charge >= 0.3 is 11.9 Å². The standard InChI is InChI=1S/C11H19ClO4.C10H19ClO4/c1-2-14-10(13)7-9(8-12)16-11-5-3-4-6-15-11;1-4-13-8(3)15-9(7-11)6-10(12)14-5-2/h9,11H,2-8H2,1H3;8-9H,4-7H2,1-3H3/t9-,11?;8?,9-/m00/s1. The summed E-state index contributed by atoms with van der Waals surface area (Å²) in [6, 6.07) is 0. The van der Waals surface area contributed by atoms with Crippen molar-refractivity contribution in [3.8, 4) is 0 Å². The van der Waals surface area contributed by atoms with E-state index in [0.717, 1.165) is 25.9 Å². The van der Waals surface area contributed by atoms with Crippen LogP contribution in [0.5, 0.6) is 0 Å². The minimum Gasteiger partial charge on any atom is -0.466 e. The van der Waals surface area contributed by atoms with Crippen LogP contribution in [0.4, 0.5) is 0 Å². The van der Waals surface area contributed by atoms with Gasteiger partial charge in [-0.1, -0.05) is 0 Å². The van der Waals surface area contributed by atoms with E-state index in [0.29, 0.717) is 19.8 Å². The summed E-state index contributed by atoms with van der Waals surface area (Å²) in [5.74, 6) is -0.0506. The van der Waals surface area contributed by atoms with Gasteiger partial charge in [-0.15, -0.1) is 23.2 Å². The Morgan fingerprint density at radius 3 is 1.97 bits per heavy atom. The van der Waals surface area contributed by atoms with E-state index in [9.17, 15) is 9.59 Å². The number of hydrogen-bond donors (Lipinski definition) is 0. The molecular formula is C21H38Cl2O8. The lowest BCUT2D eigenvalue weighted by Crippen LogP contribution is -2.30. The van der Waals surface area contributed by atoms with E-state index >= 15 is 0 Å². The normalized spacial score (nSPS) is 18.8. The van der Waals surface area contributed by atoms with Crippen molar-refractivity contribution in [3.05, 3.63) is 0 Å². The fourth-order valence-corrected chi connectivity index (χ4v) is 3.03. The highest BCUT2D eigenvalue weighted by atomic mass is 35.5. The molecule has 0 bridgehead atoms. The Morgan fingerprint density at radius 2 is 1.52 bits per heavy atom. The van der Waals surface area contributed by atoms with Gasteiger partial charge in [-0.05, 0) is 47.0 Å². The van der Waals surface area contributed by atoms with Crippen LogP contribution in [0.25, 0.3) is 0 Å². The maximum absolute atomic E-state index is 11.3. The van der Waals surface area contributed by atoms with E-state index in [2.05, 4.69) is 0 Å². The Bertz CT molecular complexity index is 461. The third-order valence-electron chi connectivity index (χ3n) is 4.01. The number of ether oxygens (including phenoxy) is 6. The van der Waals surface area contributed by atoms with Crippen molar-refractivity contribution in [2.75, 3.05) is 38.2 Å². The summed E-state index contributed by atoms with van der Waals surface area (Å²) >= 11 is 11.4. The zero-order valence-corrected chi connectivity index (χ0v) is 20.6. The predicted octanol–water partition coefficient (Wildman–Crippen LogP) is 4.04. The number of halogens is 2.